The molecule has 1 heterocycles. The largest absolute Gasteiger partial charge is 0.379 e. The molecule has 118 valence electrons. The van der Waals surface area contributed by atoms with Gasteiger partial charge in [0, 0.05) is 19.6 Å². The van der Waals surface area contributed by atoms with Crippen molar-refractivity contribution in [2.75, 3.05) is 33.4 Å². The third-order valence-corrected chi connectivity index (χ3v) is 5.11. The molecule has 1 saturated heterocycles. The Morgan fingerprint density at radius 2 is 1.90 bits per heavy atom. The van der Waals surface area contributed by atoms with Crippen molar-refractivity contribution in [1.29, 1.82) is 0 Å². The van der Waals surface area contributed by atoms with Gasteiger partial charge in [-0.15, -0.1) is 4.83 Å². The molecule has 0 amide bonds. The third-order valence-electron chi connectivity index (χ3n) is 3.61. The van der Waals surface area contributed by atoms with Crippen molar-refractivity contribution in [3.8, 4) is 0 Å². The summed E-state index contributed by atoms with van der Waals surface area (Å²) < 4.78 is 30.5. The monoisotopic (exact) mass is 313 g/mol. The van der Waals surface area contributed by atoms with E-state index < -0.39 is 10.0 Å². The lowest BCUT2D eigenvalue weighted by Crippen LogP contribution is -2.48. The first-order valence-corrected chi connectivity index (χ1v) is 8.52. The normalized spacial score (nSPS) is 17.1. The molecule has 0 unspecified atom stereocenters. The molecule has 1 aromatic rings. The van der Waals surface area contributed by atoms with Crippen LogP contribution in [0.2, 0.25) is 0 Å². The van der Waals surface area contributed by atoms with Gasteiger partial charge in [0.2, 0.25) is 0 Å². The van der Waals surface area contributed by atoms with Gasteiger partial charge in [0.1, 0.15) is 0 Å². The molecule has 1 aromatic carbocycles. The van der Waals surface area contributed by atoms with E-state index in [1.807, 2.05) is 27.0 Å². The molecule has 0 atom stereocenters. The lowest BCUT2D eigenvalue weighted by atomic mass is 10.1. The standard InChI is InChI=1S/C14H23N3O3S/c1-11-8-13(10-15-3)9-14(12(11)2)21(18,19)16-17-4-6-20-7-5-17/h8-9,15-16H,4-7,10H2,1-3H3. The second-order valence-corrected chi connectivity index (χ2v) is 6.89. The number of rotatable bonds is 5. The van der Waals surface area contributed by atoms with E-state index >= 15 is 0 Å². The van der Waals surface area contributed by atoms with Crippen molar-refractivity contribution in [2.45, 2.75) is 25.3 Å². The van der Waals surface area contributed by atoms with Gasteiger partial charge < -0.3 is 10.1 Å². The summed E-state index contributed by atoms with van der Waals surface area (Å²) >= 11 is 0. The maximum atomic E-state index is 12.6. The van der Waals surface area contributed by atoms with E-state index in [1.165, 1.54) is 0 Å². The van der Waals surface area contributed by atoms with Crippen molar-refractivity contribution in [3.05, 3.63) is 28.8 Å². The molecule has 0 radical (unpaired) electrons. The van der Waals surface area contributed by atoms with E-state index in [0.29, 0.717) is 37.7 Å². The van der Waals surface area contributed by atoms with Gasteiger partial charge in [-0.2, -0.15) is 0 Å². The third kappa shape index (κ3) is 4.02. The smallest absolute Gasteiger partial charge is 0.253 e. The Labute approximate surface area is 126 Å². The number of hydrogen-bond donors (Lipinski definition) is 2. The number of nitrogens with zero attached hydrogens (tertiary/aromatic N) is 1. The van der Waals surface area contributed by atoms with Crippen molar-refractivity contribution in [1.82, 2.24) is 15.2 Å². The van der Waals surface area contributed by atoms with E-state index in [1.54, 1.807) is 11.1 Å². The Morgan fingerprint density at radius 3 is 2.52 bits per heavy atom. The second kappa shape index (κ2) is 6.85. The average molecular weight is 313 g/mol. The molecule has 1 fully saturated rings. The van der Waals surface area contributed by atoms with Crippen LogP contribution in [0.25, 0.3) is 0 Å². The van der Waals surface area contributed by atoms with Gasteiger partial charge in [0.15, 0.2) is 0 Å². The minimum atomic E-state index is -3.56. The molecule has 2 rings (SSSR count). The summed E-state index contributed by atoms with van der Waals surface area (Å²) in [6.07, 6.45) is 0. The summed E-state index contributed by atoms with van der Waals surface area (Å²) in [6.45, 7) is 6.62. The van der Waals surface area contributed by atoms with Gasteiger partial charge in [0.05, 0.1) is 18.1 Å². The lowest BCUT2D eigenvalue weighted by molar-refractivity contribution is 0.0272. The predicted molar refractivity (Wildman–Crippen MR) is 81.4 cm³/mol. The van der Waals surface area contributed by atoms with E-state index in [2.05, 4.69) is 10.1 Å². The van der Waals surface area contributed by atoms with Crippen LogP contribution in [-0.4, -0.2) is 46.8 Å². The number of hydrazine groups is 1. The molecule has 1 aliphatic rings. The van der Waals surface area contributed by atoms with Gasteiger partial charge in [-0.05, 0) is 43.7 Å². The van der Waals surface area contributed by atoms with Gasteiger partial charge in [-0.25, -0.2) is 13.4 Å². The van der Waals surface area contributed by atoms with Crippen LogP contribution in [0.5, 0.6) is 0 Å². The molecule has 1 aliphatic heterocycles. The van der Waals surface area contributed by atoms with E-state index in [-0.39, 0.29) is 0 Å². The Balaban J connectivity index is 2.29. The molecular formula is C14H23N3O3S. The number of nitrogens with one attached hydrogen (secondary N) is 2. The fourth-order valence-electron chi connectivity index (χ4n) is 2.36. The Hall–Kier alpha value is -0.990. The zero-order valence-corrected chi connectivity index (χ0v) is 13.6. The fourth-order valence-corrected chi connectivity index (χ4v) is 3.85. The molecule has 0 bridgehead atoms. The van der Waals surface area contributed by atoms with Crippen molar-refractivity contribution >= 4 is 10.0 Å². The van der Waals surface area contributed by atoms with Crippen LogP contribution >= 0.6 is 0 Å². The van der Waals surface area contributed by atoms with Gasteiger partial charge in [-0.1, -0.05) is 6.07 Å². The Bertz CT molecular complexity index is 596. The number of aryl methyl sites for hydroxylation is 1. The Morgan fingerprint density at radius 1 is 1.24 bits per heavy atom. The molecule has 7 heteroatoms. The summed E-state index contributed by atoms with van der Waals surface area (Å²) in [5.41, 5.74) is 2.73. The minimum Gasteiger partial charge on any atom is -0.379 e. The lowest BCUT2D eigenvalue weighted by Gasteiger charge is -2.27. The van der Waals surface area contributed by atoms with E-state index in [9.17, 15) is 8.42 Å². The number of morpholine rings is 1. The minimum absolute atomic E-state index is 0.347. The molecule has 0 spiro atoms. The average Bonchev–Trinajstić information content (AvgIpc) is 2.43. The maximum Gasteiger partial charge on any atom is 0.253 e. The van der Waals surface area contributed by atoms with Crippen molar-refractivity contribution < 1.29 is 13.2 Å². The number of ether oxygens (including phenoxy) is 1. The SMILES string of the molecule is CNCc1cc(C)c(C)c(S(=O)(=O)NN2CCOCC2)c1. The van der Waals surface area contributed by atoms with Crippen molar-refractivity contribution in [3.63, 3.8) is 0 Å². The Kier molecular flexibility index (Phi) is 5.34. The van der Waals surface area contributed by atoms with Crippen LogP contribution in [-0.2, 0) is 21.3 Å². The summed E-state index contributed by atoms with van der Waals surface area (Å²) in [5.74, 6) is 0. The second-order valence-electron chi connectivity index (χ2n) is 5.26. The summed E-state index contributed by atoms with van der Waals surface area (Å²) in [5, 5.41) is 4.74. The molecule has 21 heavy (non-hydrogen) atoms. The van der Waals surface area contributed by atoms with Crippen LogP contribution in [0.4, 0.5) is 0 Å². The van der Waals surface area contributed by atoms with E-state index in [4.69, 9.17) is 4.74 Å². The number of hydrogen-bond acceptors (Lipinski definition) is 5. The molecule has 0 aliphatic carbocycles. The van der Waals surface area contributed by atoms with Crippen LogP contribution in [0.3, 0.4) is 0 Å². The molecular weight excluding hydrogens is 290 g/mol. The highest BCUT2D eigenvalue weighted by molar-refractivity contribution is 7.89. The fraction of sp³-hybridized carbons (Fsp3) is 0.571. The van der Waals surface area contributed by atoms with Gasteiger partial charge in [-0.3, -0.25) is 0 Å². The zero-order chi connectivity index (χ0) is 15.5. The summed E-state index contributed by atoms with van der Waals surface area (Å²) in [6, 6.07) is 3.75. The number of benzene rings is 1. The van der Waals surface area contributed by atoms with Crippen LogP contribution in [0.1, 0.15) is 16.7 Å². The first-order chi connectivity index (χ1) is 9.94. The van der Waals surface area contributed by atoms with Gasteiger partial charge in [0.25, 0.3) is 10.0 Å². The predicted octanol–water partition coefficient (Wildman–Crippen LogP) is 0.548. The van der Waals surface area contributed by atoms with Crippen LogP contribution in [0.15, 0.2) is 17.0 Å². The van der Waals surface area contributed by atoms with E-state index in [0.717, 1.165) is 16.7 Å². The van der Waals surface area contributed by atoms with Gasteiger partial charge >= 0.3 is 0 Å². The molecule has 2 N–H and O–H groups in total. The number of sulfonamides is 1. The molecule has 6 nitrogen and oxygen atoms in total. The van der Waals surface area contributed by atoms with Crippen LogP contribution < -0.4 is 10.1 Å². The first kappa shape index (κ1) is 16.4. The highest BCUT2D eigenvalue weighted by atomic mass is 32.2. The first-order valence-electron chi connectivity index (χ1n) is 7.04. The summed E-state index contributed by atoms with van der Waals surface area (Å²) in [4.78, 5) is 3.00. The maximum absolute atomic E-state index is 12.6. The summed E-state index contributed by atoms with van der Waals surface area (Å²) in [7, 11) is -1.72. The zero-order valence-electron chi connectivity index (χ0n) is 12.8. The quantitative estimate of drug-likeness (QED) is 0.831. The topological polar surface area (TPSA) is 70.7 Å². The molecule has 0 aromatic heterocycles. The van der Waals surface area contributed by atoms with Crippen molar-refractivity contribution in [2.24, 2.45) is 0 Å². The van der Waals surface area contributed by atoms with Crippen LogP contribution in [0, 0.1) is 13.8 Å². The highest BCUT2D eigenvalue weighted by Crippen LogP contribution is 2.21. The highest BCUT2D eigenvalue weighted by Gasteiger charge is 2.23. The molecule has 0 saturated carbocycles.